The number of carbonyl (C=O) groups excluding carboxylic acids is 1. The zero-order valence-electron chi connectivity index (χ0n) is 14.1. The number of aromatic amines is 1. The molecule has 1 amide bonds. The van der Waals surface area contributed by atoms with Crippen LogP contribution in [0.1, 0.15) is 34.5 Å². The maximum absolute atomic E-state index is 12.5. The second kappa shape index (κ2) is 6.66. The first-order valence-electron chi connectivity index (χ1n) is 8.79. The Hall–Kier alpha value is -2.70. The van der Waals surface area contributed by atoms with Crippen molar-refractivity contribution >= 4 is 11.7 Å². The van der Waals surface area contributed by atoms with Crippen molar-refractivity contribution in [1.29, 1.82) is 0 Å². The number of pyridine rings is 1. The van der Waals surface area contributed by atoms with Crippen LogP contribution in [0.5, 0.6) is 0 Å². The van der Waals surface area contributed by atoms with E-state index in [0.717, 1.165) is 37.4 Å². The molecule has 0 spiro atoms. The van der Waals surface area contributed by atoms with Gasteiger partial charge in [0.1, 0.15) is 0 Å². The Bertz CT molecular complexity index is 819. The number of nitrogens with zero attached hydrogens (tertiary/aromatic N) is 4. The molecule has 7 nitrogen and oxygen atoms in total. The number of anilines is 1. The van der Waals surface area contributed by atoms with Crippen LogP contribution in [0.25, 0.3) is 0 Å². The number of amides is 1. The number of rotatable bonds is 2. The fourth-order valence-electron chi connectivity index (χ4n) is 3.50. The van der Waals surface area contributed by atoms with Crippen molar-refractivity contribution in [3.63, 3.8) is 0 Å². The number of H-pyrrole nitrogens is 1. The molecule has 0 atom stereocenters. The minimum Gasteiger partial charge on any atom is -0.352 e. The van der Waals surface area contributed by atoms with Crippen LogP contribution in [0.3, 0.4) is 0 Å². The quantitative estimate of drug-likeness (QED) is 0.883. The maximum Gasteiger partial charge on any atom is 0.255 e. The monoisotopic (exact) mass is 339 g/mol. The lowest BCUT2D eigenvalue weighted by atomic mass is 9.97. The number of hydrogen-bond donors (Lipinski definition) is 1. The Labute approximate surface area is 145 Å². The first kappa shape index (κ1) is 15.8. The van der Waals surface area contributed by atoms with Crippen molar-refractivity contribution in [3.8, 4) is 0 Å². The van der Waals surface area contributed by atoms with Gasteiger partial charge in [0.15, 0.2) is 5.82 Å². The Kier molecular flexibility index (Phi) is 4.21. The first-order chi connectivity index (χ1) is 12.2. The first-order valence-corrected chi connectivity index (χ1v) is 8.79. The summed E-state index contributed by atoms with van der Waals surface area (Å²) < 4.78 is 0. The van der Waals surface area contributed by atoms with Gasteiger partial charge in [0.2, 0.25) is 5.56 Å². The van der Waals surface area contributed by atoms with Gasteiger partial charge in [0, 0.05) is 38.4 Å². The lowest BCUT2D eigenvalue weighted by Gasteiger charge is -2.35. The van der Waals surface area contributed by atoms with Crippen molar-refractivity contribution in [2.75, 3.05) is 31.1 Å². The highest BCUT2D eigenvalue weighted by Crippen LogP contribution is 2.23. The molecule has 1 aliphatic heterocycles. The van der Waals surface area contributed by atoms with Crippen LogP contribution < -0.4 is 10.5 Å². The zero-order valence-corrected chi connectivity index (χ0v) is 14.1. The number of nitrogens with one attached hydrogen (secondary N) is 1. The van der Waals surface area contributed by atoms with Gasteiger partial charge in [-0.1, -0.05) is 0 Å². The molecule has 7 heteroatoms. The number of aryl methyl sites for hydroxylation is 2. The van der Waals surface area contributed by atoms with Gasteiger partial charge in [-0.15, -0.1) is 5.10 Å². The SMILES string of the molecule is O=C(c1ccc(=O)[nH]c1)N1CCN(c2cc3c(nn2)CCCC3)CC1. The molecule has 0 radical (unpaired) electrons. The highest BCUT2D eigenvalue weighted by Gasteiger charge is 2.24. The van der Waals surface area contributed by atoms with E-state index >= 15 is 0 Å². The molecular weight excluding hydrogens is 318 g/mol. The van der Waals surface area contributed by atoms with Crippen molar-refractivity contribution < 1.29 is 4.79 Å². The van der Waals surface area contributed by atoms with Crippen LogP contribution in [0.4, 0.5) is 5.82 Å². The van der Waals surface area contributed by atoms with E-state index in [1.807, 2.05) is 4.90 Å². The van der Waals surface area contributed by atoms with Gasteiger partial charge >= 0.3 is 0 Å². The smallest absolute Gasteiger partial charge is 0.255 e. The second-order valence-corrected chi connectivity index (χ2v) is 6.60. The fourth-order valence-corrected chi connectivity index (χ4v) is 3.50. The normalized spacial score (nSPS) is 17.3. The summed E-state index contributed by atoms with van der Waals surface area (Å²) in [6.45, 7) is 2.75. The molecule has 4 rings (SSSR count). The molecule has 25 heavy (non-hydrogen) atoms. The Morgan fingerprint density at radius 3 is 2.60 bits per heavy atom. The highest BCUT2D eigenvalue weighted by atomic mass is 16.2. The molecule has 0 unspecified atom stereocenters. The minimum absolute atomic E-state index is 0.0487. The van der Waals surface area contributed by atoms with Crippen molar-refractivity contribution in [2.24, 2.45) is 0 Å². The van der Waals surface area contributed by atoms with E-state index in [-0.39, 0.29) is 11.5 Å². The summed E-state index contributed by atoms with van der Waals surface area (Å²) in [6, 6.07) is 5.12. The molecule has 1 N–H and O–H groups in total. The molecular formula is C18H21N5O2. The molecule has 2 aromatic heterocycles. The predicted molar refractivity (Wildman–Crippen MR) is 93.9 cm³/mol. The third kappa shape index (κ3) is 3.26. The Morgan fingerprint density at radius 2 is 1.84 bits per heavy atom. The van der Waals surface area contributed by atoms with Crippen LogP contribution >= 0.6 is 0 Å². The number of carbonyl (C=O) groups is 1. The van der Waals surface area contributed by atoms with Crippen LogP contribution in [0.15, 0.2) is 29.2 Å². The van der Waals surface area contributed by atoms with Crippen molar-refractivity contribution in [2.45, 2.75) is 25.7 Å². The molecule has 0 bridgehead atoms. The lowest BCUT2D eigenvalue weighted by Crippen LogP contribution is -2.49. The predicted octanol–water partition coefficient (Wildman–Crippen LogP) is 1.01. The highest BCUT2D eigenvalue weighted by molar-refractivity contribution is 5.94. The van der Waals surface area contributed by atoms with Crippen LogP contribution in [0.2, 0.25) is 0 Å². The largest absolute Gasteiger partial charge is 0.352 e. The number of piperazine rings is 1. The molecule has 1 fully saturated rings. The molecule has 3 heterocycles. The summed E-state index contributed by atoms with van der Waals surface area (Å²) >= 11 is 0. The van der Waals surface area contributed by atoms with E-state index in [0.29, 0.717) is 18.7 Å². The summed E-state index contributed by atoms with van der Waals surface area (Å²) in [7, 11) is 0. The molecule has 130 valence electrons. The van der Waals surface area contributed by atoms with E-state index in [2.05, 4.69) is 26.1 Å². The summed E-state index contributed by atoms with van der Waals surface area (Å²) in [5.41, 5.74) is 2.78. The number of hydrogen-bond acceptors (Lipinski definition) is 5. The van der Waals surface area contributed by atoms with E-state index < -0.39 is 0 Å². The number of fused-ring (bicyclic) bond motifs is 1. The molecule has 2 aliphatic rings. The maximum atomic E-state index is 12.5. The van der Waals surface area contributed by atoms with Gasteiger partial charge in [0.05, 0.1) is 11.3 Å². The van der Waals surface area contributed by atoms with E-state index in [1.54, 1.807) is 6.07 Å². The van der Waals surface area contributed by atoms with Crippen molar-refractivity contribution in [3.05, 3.63) is 51.6 Å². The fraction of sp³-hybridized carbons (Fsp3) is 0.444. The molecule has 1 aliphatic carbocycles. The van der Waals surface area contributed by atoms with Crippen LogP contribution in [-0.2, 0) is 12.8 Å². The third-order valence-corrected chi connectivity index (χ3v) is 4.98. The minimum atomic E-state index is -0.202. The topological polar surface area (TPSA) is 82.2 Å². The van der Waals surface area contributed by atoms with Crippen molar-refractivity contribution in [1.82, 2.24) is 20.1 Å². The molecule has 0 saturated carbocycles. The molecule has 0 aromatic carbocycles. The summed E-state index contributed by atoms with van der Waals surface area (Å²) in [4.78, 5) is 30.2. The van der Waals surface area contributed by atoms with Crippen LogP contribution in [0, 0.1) is 0 Å². The molecule has 2 aromatic rings. The van der Waals surface area contributed by atoms with Gasteiger partial charge in [-0.05, 0) is 43.4 Å². The van der Waals surface area contributed by atoms with Gasteiger partial charge in [-0.25, -0.2) is 0 Å². The van der Waals surface area contributed by atoms with E-state index in [9.17, 15) is 9.59 Å². The van der Waals surface area contributed by atoms with E-state index in [1.165, 1.54) is 30.7 Å². The Balaban J connectivity index is 1.42. The average molecular weight is 339 g/mol. The lowest BCUT2D eigenvalue weighted by molar-refractivity contribution is 0.0746. The van der Waals surface area contributed by atoms with Crippen LogP contribution in [-0.4, -0.2) is 52.2 Å². The second-order valence-electron chi connectivity index (χ2n) is 6.60. The zero-order chi connectivity index (χ0) is 17.2. The van der Waals surface area contributed by atoms with Gasteiger partial charge in [-0.2, -0.15) is 5.10 Å². The van der Waals surface area contributed by atoms with E-state index in [4.69, 9.17) is 0 Å². The van der Waals surface area contributed by atoms with Gasteiger partial charge in [-0.3, -0.25) is 9.59 Å². The molecule has 1 saturated heterocycles. The summed E-state index contributed by atoms with van der Waals surface area (Å²) in [5, 5.41) is 8.78. The Morgan fingerprint density at radius 1 is 1.04 bits per heavy atom. The standard InChI is InChI=1S/C18H21N5O2/c24-17-6-5-14(12-19-17)18(25)23-9-7-22(8-10-23)16-11-13-3-1-2-4-15(13)20-21-16/h5-6,11-12H,1-4,7-10H2,(H,19,24). The summed E-state index contributed by atoms with van der Waals surface area (Å²) in [5.74, 6) is 0.865. The van der Waals surface area contributed by atoms with Gasteiger partial charge < -0.3 is 14.8 Å². The average Bonchev–Trinajstić information content (AvgIpc) is 2.68. The third-order valence-electron chi connectivity index (χ3n) is 4.98. The number of aromatic nitrogens is 3. The van der Waals surface area contributed by atoms with Gasteiger partial charge in [0.25, 0.3) is 5.91 Å². The summed E-state index contributed by atoms with van der Waals surface area (Å²) in [6.07, 6.45) is 6.02.